The molecule has 4 aromatic rings. The number of likely N-dealkylation sites (N-methyl/N-ethyl adjacent to an activating group) is 1. The Balaban J connectivity index is 1.32. The fraction of sp³-hybridized carbons (Fsp3) is 0.400. The molecule has 3 aromatic heterocycles. The summed E-state index contributed by atoms with van der Waals surface area (Å²) in [6.07, 6.45) is 3.42. The van der Waals surface area contributed by atoms with Gasteiger partial charge in [0.1, 0.15) is 11.6 Å². The number of benzene rings is 1. The molecule has 0 amide bonds. The van der Waals surface area contributed by atoms with E-state index in [9.17, 15) is 0 Å². The monoisotopic (exact) mass is 476 g/mol. The number of hydrogen-bond donors (Lipinski definition) is 3. The summed E-state index contributed by atoms with van der Waals surface area (Å²) in [7, 11) is 4.18. The fourth-order valence-electron chi connectivity index (χ4n) is 4.66. The molecular formula is C25H29FN8O. The maximum Gasteiger partial charge on any atom is 0.326 e. The Morgan fingerprint density at radius 3 is 2.74 bits per heavy atom. The van der Waals surface area contributed by atoms with Gasteiger partial charge in [-0.05, 0) is 58.5 Å². The number of aromatic nitrogens is 5. The van der Waals surface area contributed by atoms with Gasteiger partial charge in [-0.25, -0.2) is 4.39 Å². The third-order valence-corrected chi connectivity index (χ3v) is 6.82. The number of nitrogens with zero attached hydrogens (tertiary/aromatic N) is 5. The number of aryl methyl sites for hydroxylation is 1. The molecular weight excluding hydrogens is 447 g/mol. The molecule has 0 radical (unpaired) electrons. The minimum absolute atomic E-state index is 0.0850. The second-order valence-corrected chi connectivity index (χ2v) is 9.75. The van der Waals surface area contributed by atoms with E-state index < -0.39 is 5.82 Å². The van der Waals surface area contributed by atoms with Crippen LogP contribution >= 0.6 is 0 Å². The molecule has 3 N–H and O–H groups in total. The zero-order chi connectivity index (χ0) is 24.1. The summed E-state index contributed by atoms with van der Waals surface area (Å²) < 4.78 is 21.1. The molecule has 9 nitrogen and oxygen atoms in total. The van der Waals surface area contributed by atoms with Gasteiger partial charge in [-0.3, -0.25) is 5.10 Å². The lowest BCUT2D eigenvalue weighted by Gasteiger charge is -2.21. The van der Waals surface area contributed by atoms with E-state index in [-0.39, 0.29) is 11.8 Å². The summed E-state index contributed by atoms with van der Waals surface area (Å²) in [6, 6.07) is 9.60. The van der Waals surface area contributed by atoms with Crippen LogP contribution in [0.15, 0.2) is 30.3 Å². The first kappa shape index (κ1) is 21.8. The summed E-state index contributed by atoms with van der Waals surface area (Å²) in [5.41, 5.74) is 2.74. The van der Waals surface area contributed by atoms with Crippen molar-refractivity contribution in [1.29, 1.82) is 0 Å². The first-order valence-corrected chi connectivity index (χ1v) is 12.0. The van der Waals surface area contributed by atoms with Crippen molar-refractivity contribution >= 4 is 28.4 Å². The van der Waals surface area contributed by atoms with Gasteiger partial charge in [0.2, 0.25) is 0 Å². The number of hydrogen-bond acceptors (Lipinski definition) is 7. The van der Waals surface area contributed by atoms with E-state index in [1.54, 1.807) is 18.2 Å². The zero-order valence-corrected chi connectivity index (χ0v) is 20.1. The van der Waals surface area contributed by atoms with E-state index >= 15 is 4.39 Å². The molecule has 182 valence electrons. The van der Waals surface area contributed by atoms with Gasteiger partial charge in [0, 0.05) is 59.5 Å². The van der Waals surface area contributed by atoms with Gasteiger partial charge < -0.3 is 24.8 Å². The van der Waals surface area contributed by atoms with Crippen LogP contribution in [0.2, 0.25) is 0 Å². The summed E-state index contributed by atoms with van der Waals surface area (Å²) in [6.45, 7) is 3.61. The number of fused-ring (bicyclic) bond motifs is 1. The van der Waals surface area contributed by atoms with E-state index in [2.05, 4.69) is 54.4 Å². The lowest BCUT2D eigenvalue weighted by Crippen LogP contribution is -2.31. The molecule has 2 fully saturated rings. The van der Waals surface area contributed by atoms with Crippen molar-refractivity contribution in [3.63, 3.8) is 0 Å². The van der Waals surface area contributed by atoms with Crippen molar-refractivity contribution in [1.82, 2.24) is 30.0 Å². The smallest absolute Gasteiger partial charge is 0.326 e. The van der Waals surface area contributed by atoms with E-state index in [4.69, 9.17) is 4.74 Å². The maximum atomic E-state index is 15.2. The highest BCUT2D eigenvalue weighted by molar-refractivity contribution is 5.82. The third-order valence-electron chi connectivity index (χ3n) is 6.82. The average molecular weight is 477 g/mol. The van der Waals surface area contributed by atoms with E-state index in [1.807, 2.05) is 19.1 Å². The summed E-state index contributed by atoms with van der Waals surface area (Å²) in [5.74, 6) is 2.18. The van der Waals surface area contributed by atoms with Crippen molar-refractivity contribution in [3.05, 3.63) is 47.5 Å². The van der Waals surface area contributed by atoms with Crippen molar-refractivity contribution in [2.24, 2.45) is 0 Å². The number of halogens is 1. The van der Waals surface area contributed by atoms with Crippen molar-refractivity contribution in [2.75, 3.05) is 37.4 Å². The highest BCUT2D eigenvalue weighted by Crippen LogP contribution is 2.40. The number of aromatic amines is 2. The van der Waals surface area contributed by atoms with Crippen molar-refractivity contribution < 1.29 is 9.13 Å². The SMILES string of the molecule is Cc1cc2c(F)c(Oc3nc(Nc4cc(C5CC5)[nH]n4)cc(N4CCC(N(C)C)C4)n3)ccc2[nH]1. The van der Waals surface area contributed by atoms with Gasteiger partial charge in [0.15, 0.2) is 17.4 Å². The normalized spacial score (nSPS) is 18.1. The summed E-state index contributed by atoms with van der Waals surface area (Å²) in [4.78, 5) is 16.8. The second kappa shape index (κ2) is 8.53. The predicted molar refractivity (Wildman–Crippen MR) is 133 cm³/mol. The van der Waals surface area contributed by atoms with Crippen LogP contribution in [0.3, 0.4) is 0 Å². The number of rotatable bonds is 7. The number of nitrogens with one attached hydrogen (secondary N) is 3. The van der Waals surface area contributed by atoms with Crippen LogP contribution in [0.4, 0.5) is 21.8 Å². The molecule has 0 bridgehead atoms. The van der Waals surface area contributed by atoms with Gasteiger partial charge in [-0.15, -0.1) is 0 Å². The van der Waals surface area contributed by atoms with Crippen molar-refractivity contribution in [2.45, 2.75) is 38.1 Å². The molecule has 4 heterocycles. The fourth-order valence-corrected chi connectivity index (χ4v) is 4.66. The number of anilines is 3. The molecule has 10 heteroatoms. The second-order valence-electron chi connectivity index (χ2n) is 9.75. The van der Waals surface area contributed by atoms with E-state index in [0.29, 0.717) is 29.0 Å². The minimum Gasteiger partial charge on any atom is -0.421 e. The molecule has 6 rings (SSSR count). The van der Waals surface area contributed by atoms with Crippen molar-refractivity contribution in [3.8, 4) is 11.8 Å². The van der Waals surface area contributed by atoms with Gasteiger partial charge >= 0.3 is 6.01 Å². The van der Waals surface area contributed by atoms with Gasteiger partial charge in [0.25, 0.3) is 0 Å². The van der Waals surface area contributed by atoms with Crippen LogP contribution in [-0.2, 0) is 0 Å². The molecule has 1 aliphatic carbocycles. The summed E-state index contributed by atoms with van der Waals surface area (Å²) in [5, 5.41) is 11.2. The van der Waals surface area contributed by atoms with Crippen LogP contribution in [-0.4, -0.2) is 63.3 Å². The highest BCUT2D eigenvalue weighted by atomic mass is 19.1. The van der Waals surface area contributed by atoms with Crippen LogP contribution in [0, 0.1) is 12.7 Å². The van der Waals surface area contributed by atoms with Gasteiger partial charge in [-0.1, -0.05) is 0 Å². The Labute approximate surface area is 202 Å². The Morgan fingerprint density at radius 1 is 1.11 bits per heavy atom. The molecule has 2 aliphatic rings. The molecule has 35 heavy (non-hydrogen) atoms. The van der Waals surface area contributed by atoms with Crippen LogP contribution in [0.1, 0.15) is 36.6 Å². The lowest BCUT2D eigenvalue weighted by molar-refractivity contribution is 0.315. The Kier molecular flexibility index (Phi) is 5.32. The Morgan fingerprint density at radius 2 is 1.97 bits per heavy atom. The number of ether oxygens (including phenoxy) is 1. The third kappa shape index (κ3) is 4.41. The molecule has 1 saturated carbocycles. The predicted octanol–water partition coefficient (Wildman–Crippen LogP) is 4.68. The molecule has 1 saturated heterocycles. The molecule has 1 aliphatic heterocycles. The van der Waals surface area contributed by atoms with E-state index in [0.717, 1.165) is 42.2 Å². The van der Waals surface area contributed by atoms with Crippen LogP contribution in [0.25, 0.3) is 10.9 Å². The number of H-pyrrole nitrogens is 2. The largest absolute Gasteiger partial charge is 0.421 e. The van der Waals surface area contributed by atoms with Gasteiger partial charge in [-0.2, -0.15) is 15.1 Å². The quantitative estimate of drug-likeness (QED) is 0.356. The Bertz CT molecular complexity index is 1380. The summed E-state index contributed by atoms with van der Waals surface area (Å²) >= 11 is 0. The zero-order valence-electron chi connectivity index (χ0n) is 20.1. The van der Waals surface area contributed by atoms with E-state index in [1.165, 1.54) is 12.8 Å². The van der Waals surface area contributed by atoms with Crippen LogP contribution < -0.4 is 15.0 Å². The first-order valence-electron chi connectivity index (χ1n) is 12.0. The molecule has 0 spiro atoms. The average Bonchev–Trinajstić information content (AvgIpc) is 3.21. The topological polar surface area (TPSA) is 98.0 Å². The van der Waals surface area contributed by atoms with Gasteiger partial charge in [0.05, 0.1) is 0 Å². The molecule has 1 atom stereocenters. The molecule has 1 aromatic carbocycles. The first-order chi connectivity index (χ1) is 16.9. The highest BCUT2D eigenvalue weighted by Gasteiger charge is 2.27. The van der Waals surface area contributed by atoms with Crippen LogP contribution in [0.5, 0.6) is 11.8 Å². The minimum atomic E-state index is -0.439. The standard InChI is InChI=1S/C25H29FN8O/c1-14-10-17-18(27-14)6-7-20(24(17)26)35-25-29-21(28-22-11-19(31-32-22)15-4-5-15)12-23(30-25)34-9-8-16(13-34)33(2)3/h6-7,10-12,15-16,27H,4-5,8-9,13H2,1-3H3,(H2,28,29,30,31,32). The Hall–Kier alpha value is -3.66. The lowest BCUT2D eigenvalue weighted by atomic mass is 10.2. The molecule has 1 unspecified atom stereocenters. The maximum absolute atomic E-state index is 15.2.